The van der Waals surface area contributed by atoms with Crippen molar-refractivity contribution < 1.29 is 5.11 Å². The van der Waals surface area contributed by atoms with E-state index >= 15 is 0 Å². The van der Waals surface area contributed by atoms with Gasteiger partial charge in [-0.05, 0) is 11.8 Å². The van der Waals surface area contributed by atoms with Crippen LogP contribution in [0.2, 0.25) is 5.15 Å². The van der Waals surface area contributed by atoms with Gasteiger partial charge < -0.3 is 10.0 Å². The van der Waals surface area contributed by atoms with Crippen LogP contribution >= 0.6 is 46.0 Å². The highest BCUT2D eigenvalue weighted by Gasteiger charge is 2.13. The summed E-state index contributed by atoms with van der Waals surface area (Å²) in [7, 11) is 3.83. The minimum atomic E-state index is -0.0872. The maximum atomic E-state index is 9.02. The Bertz CT molecular complexity index is 513. The minimum Gasteiger partial charge on any atom is -0.391 e. The van der Waals surface area contributed by atoms with Gasteiger partial charge in [-0.1, -0.05) is 22.9 Å². The summed E-state index contributed by atoms with van der Waals surface area (Å²) in [5, 5.41) is 18.3. The topological polar surface area (TPSA) is 62.1 Å². The molecular formula is C8H9ClN4OS3. The highest BCUT2D eigenvalue weighted by molar-refractivity contribution is 8.02. The maximum Gasteiger partial charge on any atom is 0.208 e. The Balaban J connectivity index is 2.13. The molecule has 92 valence electrons. The number of rotatable bonds is 4. The molecular weight excluding hydrogens is 300 g/mol. The first kappa shape index (κ1) is 13.0. The lowest BCUT2D eigenvalue weighted by Crippen LogP contribution is -2.07. The van der Waals surface area contributed by atoms with Gasteiger partial charge in [0, 0.05) is 14.1 Å². The molecule has 0 unspecified atom stereocenters. The van der Waals surface area contributed by atoms with Crippen LogP contribution in [0, 0.1) is 0 Å². The van der Waals surface area contributed by atoms with Crippen molar-refractivity contribution in [2.24, 2.45) is 0 Å². The Morgan fingerprint density at radius 2 is 2.06 bits per heavy atom. The smallest absolute Gasteiger partial charge is 0.208 e. The second-order valence-corrected chi connectivity index (χ2v) is 7.09. The van der Waals surface area contributed by atoms with Crippen LogP contribution in [-0.4, -0.2) is 34.4 Å². The van der Waals surface area contributed by atoms with E-state index in [9.17, 15) is 0 Å². The van der Waals surface area contributed by atoms with E-state index in [1.807, 2.05) is 19.0 Å². The normalized spacial score (nSPS) is 10.8. The zero-order valence-corrected chi connectivity index (χ0v) is 12.3. The van der Waals surface area contributed by atoms with Crippen molar-refractivity contribution in [3.8, 4) is 0 Å². The summed E-state index contributed by atoms with van der Waals surface area (Å²) in [4.78, 5) is 6.71. The van der Waals surface area contributed by atoms with Crippen LogP contribution in [0.15, 0.2) is 8.68 Å². The molecule has 9 heteroatoms. The van der Waals surface area contributed by atoms with Crippen LogP contribution in [0.1, 0.15) is 4.88 Å². The Morgan fingerprint density at radius 1 is 1.29 bits per heavy atom. The summed E-state index contributed by atoms with van der Waals surface area (Å²) >= 11 is 10.1. The number of anilines is 1. The lowest BCUT2D eigenvalue weighted by molar-refractivity contribution is 0.285. The molecule has 5 nitrogen and oxygen atoms in total. The number of aliphatic hydroxyl groups is 1. The van der Waals surface area contributed by atoms with E-state index in [4.69, 9.17) is 16.7 Å². The van der Waals surface area contributed by atoms with Gasteiger partial charge in [0.15, 0.2) is 8.68 Å². The monoisotopic (exact) mass is 308 g/mol. The van der Waals surface area contributed by atoms with Gasteiger partial charge in [0.1, 0.15) is 5.15 Å². The molecule has 1 N–H and O–H groups in total. The van der Waals surface area contributed by atoms with Gasteiger partial charge in [-0.15, -0.1) is 21.5 Å². The first-order valence-electron chi connectivity index (χ1n) is 4.55. The van der Waals surface area contributed by atoms with Gasteiger partial charge >= 0.3 is 0 Å². The molecule has 2 aromatic heterocycles. The first-order valence-corrected chi connectivity index (χ1v) is 7.37. The Morgan fingerprint density at radius 3 is 2.59 bits per heavy atom. The van der Waals surface area contributed by atoms with Gasteiger partial charge in [0.2, 0.25) is 5.13 Å². The largest absolute Gasteiger partial charge is 0.391 e. The van der Waals surface area contributed by atoms with Crippen molar-refractivity contribution in [2.45, 2.75) is 15.3 Å². The minimum absolute atomic E-state index is 0.0872. The van der Waals surface area contributed by atoms with E-state index in [2.05, 4.69) is 15.2 Å². The summed E-state index contributed by atoms with van der Waals surface area (Å²) in [5.74, 6) is 0. The summed E-state index contributed by atoms with van der Waals surface area (Å²) in [5.41, 5.74) is 0. The molecule has 0 saturated heterocycles. The molecule has 2 rings (SSSR count). The molecule has 0 aromatic carbocycles. The van der Waals surface area contributed by atoms with Crippen LogP contribution in [0.3, 0.4) is 0 Å². The Labute approximate surface area is 115 Å². The molecule has 0 aliphatic heterocycles. The number of hydrogen-bond acceptors (Lipinski definition) is 8. The zero-order valence-electron chi connectivity index (χ0n) is 9.05. The highest BCUT2D eigenvalue weighted by Crippen LogP contribution is 2.37. The fourth-order valence-electron chi connectivity index (χ4n) is 0.953. The van der Waals surface area contributed by atoms with E-state index in [0.29, 0.717) is 10.0 Å². The van der Waals surface area contributed by atoms with Crippen molar-refractivity contribution in [1.29, 1.82) is 0 Å². The van der Waals surface area contributed by atoms with Crippen molar-refractivity contribution in [1.82, 2.24) is 15.2 Å². The number of hydrogen-bond donors (Lipinski definition) is 1. The molecule has 0 amide bonds. The van der Waals surface area contributed by atoms with E-state index < -0.39 is 0 Å². The lowest BCUT2D eigenvalue weighted by Gasteiger charge is -2.03. The number of halogens is 1. The van der Waals surface area contributed by atoms with Crippen LogP contribution in [0.4, 0.5) is 5.13 Å². The van der Waals surface area contributed by atoms with Crippen LogP contribution in [0.5, 0.6) is 0 Å². The van der Waals surface area contributed by atoms with Crippen molar-refractivity contribution in [3.63, 3.8) is 0 Å². The molecule has 0 radical (unpaired) electrons. The predicted molar refractivity (Wildman–Crippen MR) is 71.4 cm³/mol. The van der Waals surface area contributed by atoms with Crippen LogP contribution < -0.4 is 4.90 Å². The first-order chi connectivity index (χ1) is 8.10. The van der Waals surface area contributed by atoms with Gasteiger partial charge in [-0.3, -0.25) is 0 Å². The van der Waals surface area contributed by atoms with E-state index in [1.54, 1.807) is 0 Å². The number of aliphatic hydroxyl groups excluding tert-OH is 1. The molecule has 17 heavy (non-hydrogen) atoms. The molecule has 0 aliphatic carbocycles. The molecule has 0 atom stereocenters. The van der Waals surface area contributed by atoms with Crippen molar-refractivity contribution in [3.05, 3.63) is 10.0 Å². The number of nitrogens with zero attached hydrogens (tertiary/aromatic N) is 4. The van der Waals surface area contributed by atoms with Gasteiger partial charge in [0.25, 0.3) is 0 Å². The number of thiazole rings is 1. The van der Waals surface area contributed by atoms with Gasteiger partial charge in [-0.25, -0.2) is 4.98 Å². The molecule has 0 bridgehead atoms. The summed E-state index contributed by atoms with van der Waals surface area (Å²) in [6.07, 6.45) is 0. The lowest BCUT2D eigenvalue weighted by atomic mass is 10.6. The second kappa shape index (κ2) is 5.49. The molecule has 2 heterocycles. The summed E-state index contributed by atoms with van der Waals surface area (Å²) < 4.78 is 1.57. The third kappa shape index (κ3) is 3.08. The average molecular weight is 309 g/mol. The third-order valence-corrected chi connectivity index (χ3v) is 5.39. The van der Waals surface area contributed by atoms with Crippen molar-refractivity contribution >= 4 is 51.2 Å². The summed E-state index contributed by atoms with van der Waals surface area (Å²) in [6.45, 7) is -0.0872. The molecule has 2 aromatic rings. The second-order valence-electron chi connectivity index (χ2n) is 3.20. The van der Waals surface area contributed by atoms with Gasteiger partial charge in [-0.2, -0.15) is 0 Å². The van der Waals surface area contributed by atoms with Crippen molar-refractivity contribution in [2.75, 3.05) is 19.0 Å². The summed E-state index contributed by atoms with van der Waals surface area (Å²) in [6, 6.07) is 0. The molecule has 0 fully saturated rings. The van der Waals surface area contributed by atoms with E-state index in [-0.39, 0.29) is 6.61 Å². The number of aromatic nitrogens is 3. The van der Waals surface area contributed by atoms with Crippen LogP contribution in [-0.2, 0) is 6.61 Å². The zero-order chi connectivity index (χ0) is 12.4. The average Bonchev–Trinajstić information content (AvgIpc) is 2.86. The standard InChI is InChI=1S/C8H9ClN4OS3/c1-13(2)6-11-12-8(16-6)17-7-10-5(9)4(3-14)15-7/h14H,3H2,1-2H3. The highest BCUT2D eigenvalue weighted by atomic mass is 35.5. The van der Waals surface area contributed by atoms with Crippen LogP contribution in [0.25, 0.3) is 0 Å². The molecule has 0 spiro atoms. The third-order valence-electron chi connectivity index (χ3n) is 1.73. The Hall–Kier alpha value is -0.410. The fourth-order valence-corrected chi connectivity index (χ4v) is 4.22. The van der Waals surface area contributed by atoms with Gasteiger partial charge in [0.05, 0.1) is 11.5 Å². The quantitative estimate of drug-likeness (QED) is 0.935. The molecule has 0 aliphatic rings. The van der Waals surface area contributed by atoms with E-state index in [1.165, 1.54) is 34.4 Å². The molecule has 0 saturated carbocycles. The Kier molecular flexibility index (Phi) is 4.21. The fraction of sp³-hybridized carbons (Fsp3) is 0.375. The maximum absolute atomic E-state index is 9.02. The SMILES string of the molecule is CN(C)c1nnc(Sc2nc(Cl)c(CO)s2)s1. The predicted octanol–water partition coefficient (Wildman–Crippen LogP) is 2.36. The van der Waals surface area contributed by atoms with E-state index in [0.717, 1.165) is 13.8 Å².